The molecule has 0 radical (unpaired) electrons. The Hall–Kier alpha value is -1.75. The number of aromatic nitrogens is 2. The summed E-state index contributed by atoms with van der Waals surface area (Å²) in [5.74, 6) is 0.955. The lowest BCUT2D eigenvalue weighted by Gasteiger charge is -2.30. The van der Waals surface area contributed by atoms with Crippen molar-refractivity contribution in [2.45, 2.75) is 19.5 Å². The molecular weight excluding hydrogens is 355 g/mol. The number of imidazole rings is 1. The second-order valence-corrected chi connectivity index (χ2v) is 7.53. The largest absolute Gasteiger partial charge is 0.310 e. The van der Waals surface area contributed by atoms with E-state index in [-0.39, 0.29) is 0 Å². The number of fused-ring (bicyclic) bond motifs is 3. The van der Waals surface area contributed by atoms with Gasteiger partial charge in [0.1, 0.15) is 0 Å². The first kappa shape index (κ1) is 16.7. The minimum atomic E-state index is 0.646. The van der Waals surface area contributed by atoms with E-state index in [1.165, 1.54) is 11.1 Å². The van der Waals surface area contributed by atoms with Crippen molar-refractivity contribution >= 4 is 45.9 Å². The molecule has 1 aliphatic heterocycles. The van der Waals surface area contributed by atoms with Crippen molar-refractivity contribution in [2.24, 2.45) is 0 Å². The van der Waals surface area contributed by atoms with Gasteiger partial charge in [-0.2, -0.15) is 0 Å². The first-order valence-electron chi connectivity index (χ1n) is 8.40. The monoisotopic (exact) mass is 374 g/mol. The Labute approximate surface area is 157 Å². The summed E-state index contributed by atoms with van der Waals surface area (Å²) in [6.07, 6.45) is 1.05. The van der Waals surface area contributed by atoms with Gasteiger partial charge in [-0.3, -0.25) is 0 Å². The van der Waals surface area contributed by atoms with Crippen molar-refractivity contribution in [3.05, 3.63) is 52.0 Å². The molecule has 0 amide bonds. The normalized spacial score (nSPS) is 14.4. The second kappa shape index (κ2) is 6.52. The zero-order valence-corrected chi connectivity index (χ0v) is 15.8. The molecule has 0 N–H and O–H groups in total. The molecule has 0 saturated heterocycles. The average molecular weight is 375 g/mol. The third kappa shape index (κ3) is 2.99. The predicted molar refractivity (Wildman–Crippen MR) is 105 cm³/mol. The Balaban J connectivity index is 1.87. The van der Waals surface area contributed by atoms with Gasteiger partial charge in [0, 0.05) is 24.7 Å². The number of hydrogen-bond donors (Lipinski definition) is 0. The van der Waals surface area contributed by atoms with Gasteiger partial charge in [-0.25, -0.2) is 4.98 Å². The topological polar surface area (TPSA) is 24.3 Å². The number of hydrogen-bond acceptors (Lipinski definition) is 3. The van der Waals surface area contributed by atoms with Crippen molar-refractivity contribution in [2.75, 3.05) is 25.5 Å². The number of halogens is 2. The highest BCUT2D eigenvalue weighted by Gasteiger charge is 2.25. The van der Waals surface area contributed by atoms with Crippen LogP contribution in [0, 0.1) is 0 Å². The molecule has 2 aromatic carbocycles. The van der Waals surface area contributed by atoms with Crippen LogP contribution in [0.5, 0.6) is 0 Å². The molecular formula is C19H20Cl2N4. The smallest absolute Gasteiger partial charge is 0.211 e. The number of para-hydroxylation sites is 1. The molecule has 1 aliphatic rings. The third-order valence-corrected chi connectivity index (χ3v) is 5.06. The molecule has 25 heavy (non-hydrogen) atoms. The predicted octanol–water partition coefficient (Wildman–Crippen LogP) is 4.95. The van der Waals surface area contributed by atoms with Crippen molar-refractivity contribution < 1.29 is 0 Å². The summed E-state index contributed by atoms with van der Waals surface area (Å²) in [6, 6.07) is 12.0. The molecule has 4 nitrogen and oxygen atoms in total. The average Bonchev–Trinajstić information content (AvgIpc) is 2.94. The molecule has 2 heterocycles. The van der Waals surface area contributed by atoms with Gasteiger partial charge in [0.15, 0.2) is 0 Å². The standard InChI is InChI=1S/C19H20Cl2N4/c1-23(2)12-13-5-3-6-16-18(13)25-10-4-9-24(19(25)22-16)17-8-7-14(20)11-15(17)21/h3,5-8,11H,4,9-10,12H2,1-2H3. The van der Waals surface area contributed by atoms with Crippen molar-refractivity contribution in [1.29, 1.82) is 0 Å². The van der Waals surface area contributed by atoms with Crippen LogP contribution in [0.1, 0.15) is 12.0 Å². The first-order chi connectivity index (χ1) is 12.0. The molecule has 0 atom stereocenters. The van der Waals surface area contributed by atoms with E-state index in [1.54, 1.807) is 6.07 Å². The fourth-order valence-corrected chi connectivity index (χ4v) is 4.06. The van der Waals surface area contributed by atoms with Gasteiger partial charge in [0.2, 0.25) is 5.95 Å². The quantitative estimate of drug-likeness (QED) is 0.648. The lowest BCUT2D eigenvalue weighted by Crippen LogP contribution is -2.28. The maximum absolute atomic E-state index is 6.46. The minimum absolute atomic E-state index is 0.646. The zero-order chi connectivity index (χ0) is 17.6. The van der Waals surface area contributed by atoms with Crippen LogP contribution in [0.2, 0.25) is 10.0 Å². The van der Waals surface area contributed by atoms with Gasteiger partial charge in [0.25, 0.3) is 0 Å². The SMILES string of the molecule is CN(C)Cc1cccc2nc3n(c12)CCCN3c1ccc(Cl)cc1Cl. The summed E-state index contributed by atoms with van der Waals surface area (Å²) < 4.78 is 2.32. The summed E-state index contributed by atoms with van der Waals surface area (Å²) >= 11 is 12.5. The third-order valence-electron chi connectivity index (χ3n) is 4.52. The zero-order valence-electron chi connectivity index (χ0n) is 14.3. The maximum atomic E-state index is 6.46. The van der Waals surface area contributed by atoms with Gasteiger partial charge < -0.3 is 14.4 Å². The van der Waals surface area contributed by atoms with Crippen LogP contribution in [0.15, 0.2) is 36.4 Å². The first-order valence-corrected chi connectivity index (χ1v) is 9.15. The number of anilines is 2. The molecule has 3 aromatic rings. The molecule has 6 heteroatoms. The summed E-state index contributed by atoms with van der Waals surface area (Å²) in [7, 11) is 4.18. The molecule has 4 rings (SSSR count). The molecule has 0 fully saturated rings. The van der Waals surface area contributed by atoms with Crippen molar-refractivity contribution in [1.82, 2.24) is 14.5 Å². The van der Waals surface area contributed by atoms with Crippen LogP contribution in [0.25, 0.3) is 11.0 Å². The van der Waals surface area contributed by atoms with Gasteiger partial charge >= 0.3 is 0 Å². The number of rotatable bonds is 3. The van der Waals surface area contributed by atoms with Gasteiger partial charge in [-0.15, -0.1) is 0 Å². The molecule has 0 bridgehead atoms. The van der Waals surface area contributed by atoms with Crippen molar-refractivity contribution in [3.63, 3.8) is 0 Å². The highest BCUT2D eigenvalue weighted by Crippen LogP contribution is 2.37. The fourth-order valence-electron chi connectivity index (χ4n) is 3.55. The van der Waals surface area contributed by atoms with E-state index in [4.69, 9.17) is 28.2 Å². The molecule has 1 aromatic heterocycles. The van der Waals surface area contributed by atoms with Crippen LogP contribution in [-0.2, 0) is 13.1 Å². The van der Waals surface area contributed by atoms with Gasteiger partial charge in [-0.1, -0.05) is 35.3 Å². The Bertz CT molecular complexity index is 933. The number of nitrogens with zero attached hydrogens (tertiary/aromatic N) is 4. The highest BCUT2D eigenvalue weighted by atomic mass is 35.5. The molecule has 0 saturated carbocycles. The van der Waals surface area contributed by atoms with E-state index in [1.807, 2.05) is 12.1 Å². The van der Waals surface area contributed by atoms with Crippen LogP contribution >= 0.6 is 23.2 Å². The van der Waals surface area contributed by atoms with E-state index >= 15 is 0 Å². The van der Waals surface area contributed by atoms with E-state index < -0.39 is 0 Å². The summed E-state index contributed by atoms with van der Waals surface area (Å²) in [5, 5.41) is 1.30. The Morgan fingerprint density at radius 2 is 1.96 bits per heavy atom. The molecule has 130 valence electrons. The second-order valence-electron chi connectivity index (χ2n) is 6.69. The molecule has 0 aliphatic carbocycles. The lowest BCUT2D eigenvalue weighted by molar-refractivity contribution is 0.403. The van der Waals surface area contributed by atoms with Crippen LogP contribution < -0.4 is 4.90 Å². The van der Waals surface area contributed by atoms with E-state index in [9.17, 15) is 0 Å². The lowest BCUT2D eigenvalue weighted by atomic mass is 10.1. The molecule has 0 spiro atoms. The number of aryl methyl sites for hydroxylation is 1. The summed E-state index contributed by atoms with van der Waals surface area (Å²) in [5.41, 5.74) is 4.51. The van der Waals surface area contributed by atoms with E-state index in [2.05, 4.69) is 46.7 Å². The Morgan fingerprint density at radius 1 is 1.12 bits per heavy atom. The van der Waals surface area contributed by atoms with Crippen LogP contribution in [0.3, 0.4) is 0 Å². The molecule has 0 unspecified atom stereocenters. The van der Waals surface area contributed by atoms with E-state index in [0.717, 1.165) is 43.2 Å². The Kier molecular flexibility index (Phi) is 4.36. The Morgan fingerprint density at radius 3 is 2.72 bits per heavy atom. The van der Waals surface area contributed by atoms with Crippen LogP contribution in [-0.4, -0.2) is 35.1 Å². The van der Waals surface area contributed by atoms with Crippen molar-refractivity contribution in [3.8, 4) is 0 Å². The minimum Gasteiger partial charge on any atom is -0.310 e. The van der Waals surface area contributed by atoms with E-state index in [0.29, 0.717) is 10.0 Å². The van der Waals surface area contributed by atoms with Gasteiger partial charge in [0.05, 0.1) is 21.7 Å². The summed E-state index contributed by atoms with van der Waals surface area (Å²) in [6.45, 7) is 2.76. The summed E-state index contributed by atoms with van der Waals surface area (Å²) in [4.78, 5) is 9.30. The fraction of sp³-hybridized carbons (Fsp3) is 0.316. The van der Waals surface area contributed by atoms with Gasteiger partial charge in [-0.05, 0) is 50.3 Å². The highest BCUT2D eigenvalue weighted by molar-refractivity contribution is 6.36. The number of benzene rings is 2. The maximum Gasteiger partial charge on any atom is 0.211 e. The van der Waals surface area contributed by atoms with Crippen LogP contribution in [0.4, 0.5) is 11.6 Å².